The summed E-state index contributed by atoms with van der Waals surface area (Å²) in [4.78, 5) is 0. The fourth-order valence-corrected chi connectivity index (χ4v) is 13.3. The van der Waals surface area contributed by atoms with Gasteiger partial charge in [0, 0.05) is 5.30 Å². The van der Waals surface area contributed by atoms with Crippen molar-refractivity contribution in [2.24, 2.45) is 0 Å². The van der Waals surface area contributed by atoms with Crippen molar-refractivity contribution in [2.45, 2.75) is 0 Å². The number of hydrogen-bond donors (Lipinski definition) is 0. The monoisotopic (exact) mass is 383 g/mol. The largest absolute Gasteiger partial charge is 0.287 e. The van der Waals surface area contributed by atoms with Gasteiger partial charge in [-0.2, -0.15) is 0 Å². The summed E-state index contributed by atoms with van der Waals surface area (Å²) in [5, 5.41) is 4.43. The Morgan fingerprint density at radius 1 is 0.444 bits per heavy atom. The van der Waals surface area contributed by atoms with Gasteiger partial charge in [-0.05, 0) is 27.7 Å². The van der Waals surface area contributed by atoms with Gasteiger partial charge in [0.05, 0.1) is 7.35 Å². The van der Waals surface area contributed by atoms with E-state index < -0.39 is 15.1 Å². The molecule has 1 unspecified atom stereocenters. The predicted molar refractivity (Wildman–Crippen MR) is 118 cm³/mol. The zero-order valence-corrected chi connectivity index (χ0v) is 16.8. The molecule has 0 N–H and O–H groups in total. The molecule has 0 saturated carbocycles. The third-order valence-corrected chi connectivity index (χ3v) is 14.7. The van der Waals surface area contributed by atoms with Gasteiger partial charge in [-0.25, -0.2) is 0 Å². The molecule has 0 aliphatic carbocycles. The van der Waals surface area contributed by atoms with Gasteiger partial charge in [0.2, 0.25) is 7.74 Å². The Hall–Kier alpha value is -2.80. The average Bonchev–Trinajstić information content (AvgIpc) is 2.77. The van der Waals surface area contributed by atoms with E-state index in [0.29, 0.717) is 0 Å². The summed E-state index contributed by atoms with van der Waals surface area (Å²) in [6.07, 6.45) is 0. The van der Waals surface area contributed by atoms with E-state index in [4.69, 9.17) is 0 Å². The SMILES string of the molecule is O=[P](c1ccccc1)[Si](c1ccccc1)(c1ccccc1)c1ccccc1. The molecule has 131 valence electrons. The van der Waals surface area contributed by atoms with Crippen molar-refractivity contribution in [3.63, 3.8) is 0 Å². The normalized spacial score (nSPS) is 11.8. The first-order chi connectivity index (χ1) is 13.3. The fourth-order valence-electron chi connectivity index (χ4n) is 3.65. The molecular formula is C24H20OPSi. The van der Waals surface area contributed by atoms with E-state index in [1.54, 1.807) is 0 Å². The molecule has 0 bridgehead atoms. The number of rotatable bonds is 5. The second-order valence-corrected chi connectivity index (χ2v) is 13.9. The molecule has 0 spiro atoms. The summed E-state index contributed by atoms with van der Waals surface area (Å²) in [5.74, 6) is 0. The van der Waals surface area contributed by atoms with Crippen molar-refractivity contribution < 1.29 is 4.57 Å². The highest BCUT2D eigenvalue weighted by Gasteiger charge is 2.46. The second kappa shape index (κ2) is 7.83. The molecule has 0 aromatic heterocycles. The first-order valence-electron chi connectivity index (χ1n) is 9.02. The van der Waals surface area contributed by atoms with Gasteiger partial charge in [-0.3, -0.25) is 4.57 Å². The minimum atomic E-state index is -2.76. The van der Waals surface area contributed by atoms with E-state index in [0.717, 1.165) is 5.30 Å². The molecule has 0 heterocycles. The van der Waals surface area contributed by atoms with E-state index in [-0.39, 0.29) is 0 Å². The third kappa shape index (κ3) is 3.19. The lowest BCUT2D eigenvalue weighted by atomic mass is 10.3. The van der Waals surface area contributed by atoms with E-state index in [9.17, 15) is 4.57 Å². The Morgan fingerprint density at radius 2 is 0.741 bits per heavy atom. The second-order valence-electron chi connectivity index (χ2n) is 6.44. The summed E-state index contributed by atoms with van der Waals surface area (Å²) in [6.45, 7) is 0. The molecule has 0 aliphatic heterocycles. The number of hydrogen-bond acceptors (Lipinski definition) is 1. The van der Waals surface area contributed by atoms with Crippen molar-refractivity contribution in [2.75, 3.05) is 0 Å². The Bertz CT molecular complexity index is 922. The van der Waals surface area contributed by atoms with E-state index in [2.05, 4.69) is 72.8 Å². The topological polar surface area (TPSA) is 17.1 Å². The molecule has 0 fully saturated rings. The van der Waals surface area contributed by atoms with Gasteiger partial charge in [0.25, 0.3) is 0 Å². The summed E-state index contributed by atoms with van der Waals surface area (Å²) >= 11 is 0. The van der Waals surface area contributed by atoms with Crippen molar-refractivity contribution in [1.29, 1.82) is 0 Å². The van der Waals surface area contributed by atoms with Gasteiger partial charge in [-0.15, -0.1) is 0 Å². The minimum absolute atomic E-state index is 0.913. The Labute approximate surface area is 162 Å². The van der Waals surface area contributed by atoms with Gasteiger partial charge < -0.3 is 0 Å². The zero-order chi connectivity index (χ0) is 18.5. The van der Waals surface area contributed by atoms with E-state index in [1.165, 1.54) is 15.6 Å². The molecule has 4 aromatic carbocycles. The summed E-state index contributed by atoms with van der Waals surface area (Å²) in [7, 11) is -4.42. The van der Waals surface area contributed by atoms with Gasteiger partial charge >= 0.3 is 0 Å². The summed E-state index contributed by atoms with van der Waals surface area (Å²) in [6, 6.07) is 41.1. The van der Waals surface area contributed by atoms with Crippen LogP contribution in [-0.2, 0) is 4.57 Å². The first kappa shape index (κ1) is 17.6. The van der Waals surface area contributed by atoms with Crippen molar-refractivity contribution >= 4 is 36.0 Å². The van der Waals surface area contributed by atoms with Crippen LogP contribution >= 0.6 is 7.35 Å². The van der Waals surface area contributed by atoms with Crippen LogP contribution in [0, 0.1) is 0 Å². The van der Waals surface area contributed by atoms with Crippen LogP contribution in [0.4, 0.5) is 0 Å². The maximum Gasteiger partial charge on any atom is 0.248 e. The summed E-state index contributed by atoms with van der Waals surface area (Å²) < 4.78 is 14.3. The quantitative estimate of drug-likeness (QED) is 0.291. The van der Waals surface area contributed by atoms with Gasteiger partial charge in [0.1, 0.15) is 0 Å². The summed E-state index contributed by atoms with van der Waals surface area (Å²) in [5.41, 5.74) is 0. The minimum Gasteiger partial charge on any atom is -0.287 e. The van der Waals surface area contributed by atoms with Crippen LogP contribution in [-0.4, -0.2) is 7.74 Å². The maximum atomic E-state index is 14.3. The highest BCUT2D eigenvalue weighted by atomic mass is 31.4. The molecule has 1 nitrogen and oxygen atoms in total. The number of benzene rings is 4. The standard InChI is InChI=1S/C24H20OPSi/c25-26(21-13-5-1-6-14-21)27(22-15-7-2-8-16-22,23-17-9-3-10-18-23)24-19-11-4-12-20-24/h1-20H. The molecule has 1 radical (unpaired) electrons. The molecule has 0 aliphatic rings. The van der Waals surface area contributed by atoms with Crippen molar-refractivity contribution in [3.05, 3.63) is 121 Å². The third-order valence-electron chi connectivity index (χ3n) is 4.87. The molecular weight excluding hydrogens is 363 g/mol. The van der Waals surface area contributed by atoms with E-state index in [1.807, 2.05) is 48.5 Å². The molecule has 0 amide bonds. The van der Waals surface area contributed by atoms with Crippen molar-refractivity contribution in [1.82, 2.24) is 0 Å². The van der Waals surface area contributed by atoms with E-state index >= 15 is 0 Å². The van der Waals surface area contributed by atoms with Crippen LogP contribution in [0.1, 0.15) is 0 Å². The molecule has 4 rings (SSSR count). The smallest absolute Gasteiger partial charge is 0.248 e. The van der Waals surface area contributed by atoms with Crippen LogP contribution in [0.2, 0.25) is 0 Å². The van der Waals surface area contributed by atoms with Crippen LogP contribution in [0.25, 0.3) is 0 Å². The van der Waals surface area contributed by atoms with Crippen LogP contribution < -0.4 is 20.9 Å². The molecule has 0 saturated heterocycles. The van der Waals surface area contributed by atoms with Gasteiger partial charge in [-0.1, -0.05) is 109 Å². The highest BCUT2D eigenvalue weighted by Crippen LogP contribution is 2.34. The average molecular weight is 383 g/mol. The van der Waals surface area contributed by atoms with Crippen molar-refractivity contribution in [3.8, 4) is 0 Å². The molecule has 27 heavy (non-hydrogen) atoms. The zero-order valence-electron chi connectivity index (χ0n) is 14.9. The Morgan fingerprint density at radius 3 is 1.07 bits per heavy atom. The molecule has 4 aromatic rings. The predicted octanol–water partition coefficient (Wildman–Crippen LogP) is 3.81. The van der Waals surface area contributed by atoms with Gasteiger partial charge in [0.15, 0.2) is 0 Å². The van der Waals surface area contributed by atoms with Crippen LogP contribution in [0.3, 0.4) is 0 Å². The van der Waals surface area contributed by atoms with Crippen LogP contribution in [0.15, 0.2) is 121 Å². The maximum absolute atomic E-state index is 14.3. The fraction of sp³-hybridized carbons (Fsp3) is 0. The molecule has 1 atom stereocenters. The Balaban J connectivity index is 2.08. The lowest BCUT2D eigenvalue weighted by Gasteiger charge is -2.32. The Kier molecular flexibility index (Phi) is 5.11. The van der Waals surface area contributed by atoms with Crippen LogP contribution in [0.5, 0.6) is 0 Å². The lowest BCUT2D eigenvalue weighted by molar-refractivity contribution is 0.599. The highest BCUT2D eigenvalue weighted by molar-refractivity contribution is 7.98. The lowest BCUT2D eigenvalue weighted by Crippen LogP contribution is -2.65. The first-order valence-corrected chi connectivity index (χ1v) is 13.1. The molecule has 3 heteroatoms.